The van der Waals surface area contributed by atoms with Crippen molar-refractivity contribution in [1.82, 2.24) is 0 Å². The molecule has 0 aliphatic carbocycles. The van der Waals surface area contributed by atoms with Crippen LogP contribution in [-0.4, -0.2) is 44.3 Å². The quantitative estimate of drug-likeness (QED) is 0.550. The molecule has 0 nitrogen and oxygen atoms in total. The molecule has 0 amide bonds. The fraction of sp³-hybridized carbons (Fsp3) is 1.00. The van der Waals surface area contributed by atoms with Gasteiger partial charge in [0.05, 0.1) is 0 Å². The Kier molecular flexibility index (Phi) is 18.1. The van der Waals surface area contributed by atoms with Crippen molar-refractivity contribution >= 4 is 33.8 Å². The summed E-state index contributed by atoms with van der Waals surface area (Å²) in [5.74, 6) is 0. The molecule has 3 radical (unpaired) electrons. The maximum atomic E-state index is 2.31. The summed E-state index contributed by atoms with van der Waals surface area (Å²) >= 11 is 0. The van der Waals surface area contributed by atoms with E-state index in [0.717, 1.165) is 0 Å². The standard InChI is InChI=1S/C12H27P.In/c1-4-7-10-13(11-8-5-2)12-9-6-3;/h4-12H2,1-3H3;. The predicted molar refractivity (Wildman–Crippen MR) is 72.0 cm³/mol. The molecule has 0 aliphatic heterocycles. The molecular formula is C12H27InP. The molecule has 0 aromatic carbocycles. The van der Waals surface area contributed by atoms with E-state index in [1.54, 1.807) is 18.5 Å². The average molecular weight is 317 g/mol. The Bertz CT molecular complexity index is 77.3. The van der Waals surface area contributed by atoms with Gasteiger partial charge in [-0.2, -0.15) is 0 Å². The van der Waals surface area contributed by atoms with Gasteiger partial charge in [-0.25, -0.2) is 0 Å². The zero-order chi connectivity index (χ0) is 9.94. The van der Waals surface area contributed by atoms with Crippen LogP contribution in [0.1, 0.15) is 59.3 Å². The van der Waals surface area contributed by atoms with Crippen molar-refractivity contribution in [1.29, 1.82) is 0 Å². The largest absolute Gasteiger partial charge is 0.107 e. The Hall–Kier alpha value is 1.30. The number of hydrogen-bond donors (Lipinski definition) is 0. The SMILES string of the molecule is CCCCP(CCCC)CCCC.[In]. The Morgan fingerprint density at radius 3 is 1.14 bits per heavy atom. The van der Waals surface area contributed by atoms with E-state index in [2.05, 4.69) is 20.8 Å². The molecule has 0 heterocycles. The maximum absolute atomic E-state index is 2.31. The fourth-order valence-corrected chi connectivity index (χ4v) is 4.44. The van der Waals surface area contributed by atoms with Gasteiger partial charge in [-0.3, -0.25) is 0 Å². The van der Waals surface area contributed by atoms with Crippen LogP contribution in [0.5, 0.6) is 0 Å². The van der Waals surface area contributed by atoms with Gasteiger partial charge < -0.3 is 0 Å². The zero-order valence-corrected chi connectivity index (χ0v) is 14.6. The molecule has 0 rings (SSSR count). The zero-order valence-electron chi connectivity index (χ0n) is 10.4. The first-order chi connectivity index (χ1) is 6.35. The van der Waals surface area contributed by atoms with E-state index in [4.69, 9.17) is 0 Å². The molecule has 0 fully saturated rings. The summed E-state index contributed by atoms with van der Waals surface area (Å²) in [6, 6.07) is 0. The number of unbranched alkanes of at least 4 members (excludes halogenated alkanes) is 3. The van der Waals surface area contributed by atoms with Crippen LogP contribution in [-0.2, 0) is 0 Å². The Morgan fingerprint density at radius 1 is 0.643 bits per heavy atom. The van der Waals surface area contributed by atoms with E-state index in [0.29, 0.717) is 7.92 Å². The second-order valence-corrected chi connectivity index (χ2v) is 6.59. The second kappa shape index (κ2) is 14.3. The van der Waals surface area contributed by atoms with Crippen LogP contribution < -0.4 is 0 Å². The molecule has 0 unspecified atom stereocenters. The van der Waals surface area contributed by atoms with Gasteiger partial charge in [0, 0.05) is 25.8 Å². The summed E-state index contributed by atoms with van der Waals surface area (Å²) < 4.78 is 0. The van der Waals surface area contributed by atoms with Crippen molar-refractivity contribution in [2.45, 2.75) is 59.3 Å². The molecule has 83 valence electrons. The molecule has 0 aliphatic rings. The Balaban J connectivity index is 0. The van der Waals surface area contributed by atoms with Crippen LogP contribution >= 0.6 is 7.92 Å². The Morgan fingerprint density at radius 2 is 0.929 bits per heavy atom. The van der Waals surface area contributed by atoms with E-state index in [1.165, 1.54) is 38.5 Å². The van der Waals surface area contributed by atoms with Crippen molar-refractivity contribution in [3.05, 3.63) is 0 Å². The molecule has 0 saturated carbocycles. The monoisotopic (exact) mass is 317 g/mol. The van der Waals surface area contributed by atoms with E-state index in [-0.39, 0.29) is 25.8 Å². The topological polar surface area (TPSA) is 0 Å². The predicted octanol–water partition coefficient (Wildman–Crippen LogP) is 4.49. The third kappa shape index (κ3) is 11.4. The van der Waals surface area contributed by atoms with Crippen molar-refractivity contribution in [3.8, 4) is 0 Å². The minimum atomic E-state index is 0. The minimum Gasteiger partial charge on any atom is -0.107 e. The van der Waals surface area contributed by atoms with Gasteiger partial charge in [-0.1, -0.05) is 40.0 Å². The fourth-order valence-electron chi connectivity index (χ4n) is 1.48. The van der Waals surface area contributed by atoms with Gasteiger partial charge in [-0.05, 0) is 37.7 Å². The van der Waals surface area contributed by atoms with Gasteiger partial charge in [0.2, 0.25) is 0 Å². The third-order valence-electron chi connectivity index (χ3n) is 2.48. The normalized spacial score (nSPS) is 10.3. The molecule has 0 N–H and O–H groups in total. The molecule has 0 saturated heterocycles. The molecular weight excluding hydrogens is 290 g/mol. The van der Waals surface area contributed by atoms with Crippen LogP contribution in [0.2, 0.25) is 0 Å². The van der Waals surface area contributed by atoms with E-state index >= 15 is 0 Å². The van der Waals surface area contributed by atoms with Crippen LogP contribution in [0.3, 0.4) is 0 Å². The van der Waals surface area contributed by atoms with Gasteiger partial charge in [0.25, 0.3) is 0 Å². The van der Waals surface area contributed by atoms with Crippen LogP contribution in [0.15, 0.2) is 0 Å². The summed E-state index contributed by atoms with van der Waals surface area (Å²) in [4.78, 5) is 0. The second-order valence-electron chi connectivity index (χ2n) is 3.90. The molecule has 0 bridgehead atoms. The van der Waals surface area contributed by atoms with E-state index < -0.39 is 0 Å². The molecule has 14 heavy (non-hydrogen) atoms. The Labute approximate surface area is 111 Å². The summed E-state index contributed by atoms with van der Waals surface area (Å²) in [5.41, 5.74) is 0. The maximum Gasteiger partial charge on any atom is 0 e. The van der Waals surface area contributed by atoms with Crippen molar-refractivity contribution in [2.24, 2.45) is 0 Å². The summed E-state index contributed by atoms with van der Waals surface area (Å²) in [5, 5.41) is 0. The number of hydrogen-bond acceptors (Lipinski definition) is 0. The van der Waals surface area contributed by atoms with Gasteiger partial charge in [0.15, 0.2) is 0 Å². The molecule has 0 spiro atoms. The average Bonchev–Trinajstić information content (AvgIpc) is 2.17. The first kappa shape index (κ1) is 17.7. The van der Waals surface area contributed by atoms with Gasteiger partial charge >= 0.3 is 0 Å². The summed E-state index contributed by atoms with van der Waals surface area (Å²) in [7, 11) is 0.422. The van der Waals surface area contributed by atoms with Crippen molar-refractivity contribution in [3.63, 3.8) is 0 Å². The summed E-state index contributed by atoms with van der Waals surface area (Å²) in [6.07, 6.45) is 13.2. The molecule has 0 aromatic heterocycles. The van der Waals surface area contributed by atoms with E-state index in [1.807, 2.05) is 0 Å². The molecule has 2 heteroatoms. The molecule has 0 atom stereocenters. The van der Waals surface area contributed by atoms with E-state index in [9.17, 15) is 0 Å². The van der Waals surface area contributed by atoms with Crippen LogP contribution in [0, 0.1) is 0 Å². The van der Waals surface area contributed by atoms with Gasteiger partial charge in [0.1, 0.15) is 0 Å². The minimum absolute atomic E-state index is 0. The number of rotatable bonds is 9. The summed E-state index contributed by atoms with van der Waals surface area (Å²) in [6.45, 7) is 6.94. The third-order valence-corrected chi connectivity index (χ3v) is 5.33. The van der Waals surface area contributed by atoms with Crippen molar-refractivity contribution < 1.29 is 0 Å². The first-order valence-corrected chi connectivity index (χ1v) is 7.97. The van der Waals surface area contributed by atoms with Crippen molar-refractivity contribution in [2.75, 3.05) is 18.5 Å². The van der Waals surface area contributed by atoms with Gasteiger partial charge in [-0.15, -0.1) is 7.92 Å². The first-order valence-electron chi connectivity index (χ1n) is 6.07. The van der Waals surface area contributed by atoms with Crippen LogP contribution in [0.25, 0.3) is 0 Å². The van der Waals surface area contributed by atoms with Crippen LogP contribution in [0.4, 0.5) is 0 Å². The molecule has 0 aromatic rings. The smallest absolute Gasteiger partial charge is 0 e.